The van der Waals surface area contributed by atoms with Crippen molar-refractivity contribution in [1.29, 1.82) is 0 Å². The summed E-state index contributed by atoms with van der Waals surface area (Å²) in [5, 5.41) is 2.07. The average molecular weight is 280 g/mol. The van der Waals surface area contributed by atoms with Crippen LogP contribution in [0.3, 0.4) is 0 Å². The van der Waals surface area contributed by atoms with Crippen LogP contribution < -0.4 is 5.73 Å². The first-order chi connectivity index (χ1) is 10.00. The van der Waals surface area contributed by atoms with Crippen LogP contribution in [-0.4, -0.2) is 4.98 Å². The standard InChI is InChI=1S/C18H17FN2/c1-12-6-7-14(10-17(12)19)18(2,20)16-5-3-4-13-11-21-9-8-15(13)16/h3-11H,20H2,1-2H3. The summed E-state index contributed by atoms with van der Waals surface area (Å²) in [4.78, 5) is 4.13. The molecule has 1 atom stereocenters. The Balaban J connectivity index is 2.22. The topological polar surface area (TPSA) is 38.9 Å². The lowest BCUT2D eigenvalue weighted by Crippen LogP contribution is -2.34. The zero-order valence-corrected chi connectivity index (χ0v) is 12.1. The predicted octanol–water partition coefficient (Wildman–Crippen LogP) is 3.90. The second kappa shape index (κ2) is 4.93. The molecule has 0 bridgehead atoms. The van der Waals surface area contributed by atoms with Crippen LogP contribution in [0.4, 0.5) is 4.39 Å². The molecule has 3 rings (SSSR count). The summed E-state index contributed by atoms with van der Waals surface area (Å²) in [5.41, 5.74) is 8.13. The van der Waals surface area contributed by atoms with Crippen molar-refractivity contribution in [2.24, 2.45) is 5.73 Å². The molecule has 2 nitrogen and oxygen atoms in total. The molecule has 2 aromatic carbocycles. The maximum Gasteiger partial charge on any atom is 0.126 e. The van der Waals surface area contributed by atoms with Gasteiger partial charge < -0.3 is 5.73 Å². The Morgan fingerprint density at radius 1 is 1.14 bits per heavy atom. The van der Waals surface area contributed by atoms with E-state index in [1.54, 1.807) is 19.2 Å². The lowest BCUT2D eigenvalue weighted by molar-refractivity contribution is 0.581. The molecule has 0 saturated heterocycles. The molecule has 0 aliphatic heterocycles. The number of aromatic nitrogens is 1. The second-order valence-electron chi connectivity index (χ2n) is 5.57. The van der Waals surface area contributed by atoms with Crippen molar-refractivity contribution >= 4 is 10.8 Å². The largest absolute Gasteiger partial charge is 0.318 e. The normalized spacial score (nSPS) is 14.1. The van der Waals surface area contributed by atoms with Crippen LogP contribution in [0, 0.1) is 12.7 Å². The van der Waals surface area contributed by atoms with Crippen molar-refractivity contribution in [3.05, 3.63) is 77.4 Å². The second-order valence-corrected chi connectivity index (χ2v) is 5.57. The number of rotatable bonds is 2. The Morgan fingerprint density at radius 2 is 1.95 bits per heavy atom. The van der Waals surface area contributed by atoms with E-state index < -0.39 is 5.54 Å². The van der Waals surface area contributed by atoms with Gasteiger partial charge in [-0.05, 0) is 48.1 Å². The Bertz CT molecular complexity index is 804. The summed E-state index contributed by atoms with van der Waals surface area (Å²) in [7, 11) is 0. The first-order valence-electron chi connectivity index (χ1n) is 6.89. The lowest BCUT2D eigenvalue weighted by atomic mass is 9.83. The molecular weight excluding hydrogens is 263 g/mol. The van der Waals surface area contributed by atoms with Crippen LogP contribution in [-0.2, 0) is 5.54 Å². The Labute approximate surface area is 123 Å². The number of hydrogen-bond donors (Lipinski definition) is 1. The van der Waals surface area contributed by atoms with Crippen LogP contribution in [0.2, 0.25) is 0 Å². The summed E-state index contributed by atoms with van der Waals surface area (Å²) in [6, 6.07) is 13.1. The summed E-state index contributed by atoms with van der Waals surface area (Å²) in [5.74, 6) is -0.230. The SMILES string of the molecule is Cc1ccc(C(C)(N)c2cccc3cnccc23)cc1F. The van der Waals surface area contributed by atoms with Crippen LogP contribution in [0.1, 0.15) is 23.6 Å². The number of halogens is 1. The third-order valence-corrected chi connectivity index (χ3v) is 4.01. The molecule has 0 aliphatic rings. The Hall–Kier alpha value is -2.26. The molecule has 0 spiro atoms. The van der Waals surface area contributed by atoms with Crippen molar-refractivity contribution in [1.82, 2.24) is 4.98 Å². The molecular formula is C18H17FN2. The molecule has 106 valence electrons. The number of hydrogen-bond acceptors (Lipinski definition) is 2. The summed E-state index contributed by atoms with van der Waals surface area (Å²) in [6.45, 7) is 3.66. The Morgan fingerprint density at radius 3 is 2.71 bits per heavy atom. The highest BCUT2D eigenvalue weighted by Crippen LogP contribution is 2.32. The van der Waals surface area contributed by atoms with E-state index >= 15 is 0 Å². The third kappa shape index (κ3) is 2.30. The third-order valence-electron chi connectivity index (χ3n) is 4.01. The van der Waals surface area contributed by atoms with Crippen LogP contribution in [0.5, 0.6) is 0 Å². The van der Waals surface area contributed by atoms with Gasteiger partial charge in [0.15, 0.2) is 0 Å². The molecule has 0 aliphatic carbocycles. The highest BCUT2D eigenvalue weighted by molar-refractivity contribution is 5.86. The van der Waals surface area contributed by atoms with Crippen molar-refractivity contribution < 1.29 is 4.39 Å². The van der Waals surface area contributed by atoms with E-state index in [-0.39, 0.29) is 5.82 Å². The van der Waals surface area contributed by atoms with Crippen molar-refractivity contribution in [2.45, 2.75) is 19.4 Å². The Kier molecular flexibility index (Phi) is 3.22. The molecule has 0 fully saturated rings. The van der Waals surface area contributed by atoms with Gasteiger partial charge in [0.1, 0.15) is 5.82 Å². The highest BCUT2D eigenvalue weighted by Gasteiger charge is 2.26. The first kappa shape index (κ1) is 13.7. The van der Waals surface area contributed by atoms with E-state index in [9.17, 15) is 4.39 Å². The molecule has 3 heteroatoms. The lowest BCUT2D eigenvalue weighted by Gasteiger charge is -2.27. The number of pyridine rings is 1. The van der Waals surface area contributed by atoms with Gasteiger partial charge in [0.2, 0.25) is 0 Å². The molecule has 0 radical (unpaired) electrons. The van der Waals surface area contributed by atoms with Gasteiger partial charge in [-0.15, -0.1) is 0 Å². The van der Waals surface area contributed by atoms with E-state index in [4.69, 9.17) is 5.73 Å². The van der Waals surface area contributed by atoms with Crippen LogP contribution >= 0.6 is 0 Å². The first-order valence-corrected chi connectivity index (χ1v) is 6.89. The zero-order valence-electron chi connectivity index (χ0n) is 12.1. The summed E-state index contributed by atoms with van der Waals surface area (Å²) < 4.78 is 13.9. The fourth-order valence-electron chi connectivity index (χ4n) is 2.65. The fourth-order valence-corrected chi connectivity index (χ4v) is 2.65. The minimum atomic E-state index is -0.768. The van der Waals surface area contributed by atoms with Crippen molar-refractivity contribution in [3.63, 3.8) is 0 Å². The average Bonchev–Trinajstić information content (AvgIpc) is 2.49. The number of nitrogens with zero attached hydrogens (tertiary/aromatic N) is 1. The zero-order chi connectivity index (χ0) is 15.0. The quantitative estimate of drug-likeness (QED) is 0.773. The maximum absolute atomic E-state index is 13.9. The predicted molar refractivity (Wildman–Crippen MR) is 83.5 cm³/mol. The van der Waals surface area contributed by atoms with Gasteiger partial charge in [-0.2, -0.15) is 0 Å². The highest BCUT2D eigenvalue weighted by atomic mass is 19.1. The molecule has 0 saturated carbocycles. The van der Waals surface area contributed by atoms with Gasteiger partial charge in [-0.3, -0.25) is 4.98 Å². The van der Waals surface area contributed by atoms with Crippen molar-refractivity contribution in [2.75, 3.05) is 0 Å². The van der Waals surface area contributed by atoms with Gasteiger partial charge in [-0.1, -0.05) is 30.3 Å². The minimum Gasteiger partial charge on any atom is -0.318 e. The summed E-state index contributed by atoms with van der Waals surface area (Å²) in [6.07, 6.45) is 3.56. The maximum atomic E-state index is 13.9. The number of aryl methyl sites for hydroxylation is 1. The molecule has 21 heavy (non-hydrogen) atoms. The van der Waals surface area contributed by atoms with Gasteiger partial charge in [0.25, 0.3) is 0 Å². The number of benzene rings is 2. The molecule has 1 unspecified atom stereocenters. The smallest absolute Gasteiger partial charge is 0.126 e. The van der Waals surface area contributed by atoms with Crippen LogP contribution in [0.25, 0.3) is 10.8 Å². The molecule has 3 aromatic rings. The van der Waals surface area contributed by atoms with E-state index in [1.165, 1.54) is 6.07 Å². The van der Waals surface area contributed by atoms with E-state index in [2.05, 4.69) is 4.98 Å². The molecule has 0 amide bonds. The van der Waals surface area contributed by atoms with Gasteiger partial charge in [-0.25, -0.2) is 4.39 Å². The van der Waals surface area contributed by atoms with Crippen LogP contribution in [0.15, 0.2) is 54.9 Å². The number of fused-ring (bicyclic) bond motifs is 1. The summed E-state index contributed by atoms with van der Waals surface area (Å²) >= 11 is 0. The van der Waals surface area contributed by atoms with Gasteiger partial charge in [0.05, 0.1) is 5.54 Å². The molecule has 2 N–H and O–H groups in total. The molecule has 1 heterocycles. The van der Waals surface area contributed by atoms with Crippen molar-refractivity contribution in [3.8, 4) is 0 Å². The minimum absolute atomic E-state index is 0.230. The van der Waals surface area contributed by atoms with E-state index in [0.29, 0.717) is 5.56 Å². The molecule has 1 aromatic heterocycles. The fraction of sp³-hybridized carbons (Fsp3) is 0.167. The van der Waals surface area contributed by atoms with Gasteiger partial charge in [0, 0.05) is 17.8 Å². The van der Waals surface area contributed by atoms with E-state index in [1.807, 2.05) is 43.5 Å². The van der Waals surface area contributed by atoms with E-state index in [0.717, 1.165) is 21.9 Å². The monoisotopic (exact) mass is 280 g/mol. The number of nitrogens with two attached hydrogens (primary N) is 1. The van der Waals surface area contributed by atoms with Gasteiger partial charge >= 0.3 is 0 Å².